The molecular formula is C27H32N2O6. The molecule has 8 nitrogen and oxygen atoms in total. The lowest BCUT2D eigenvalue weighted by Gasteiger charge is -2.23. The Hall–Kier alpha value is -3.81. The van der Waals surface area contributed by atoms with Gasteiger partial charge in [0.05, 0.1) is 6.61 Å². The molecule has 0 aliphatic heterocycles. The van der Waals surface area contributed by atoms with Gasteiger partial charge in [-0.15, -0.1) is 0 Å². The monoisotopic (exact) mass is 480 g/mol. The Kier molecular flexibility index (Phi) is 8.52. The summed E-state index contributed by atoms with van der Waals surface area (Å²) >= 11 is 0. The number of esters is 2. The maximum atomic E-state index is 13.1. The van der Waals surface area contributed by atoms with E-state index in [1.165, 1.54) is 0 Å². The van der Waals surface area contributed by atoms with Crippen LogP contribution < -0.4 is 5.32 Å². The number of hydrogen-bond acceptors (Lipinski definition) is 6. The van der Waals surface area contributed by atoms with Gasteiger partial charge in [0.2, 0.25) is 0 Å². The Morgan fingerprint density at radius 2 is 1.66 bits per heavy atom. The van der Waals surface area contributed by atoms with Gasteiger partial charge in [-0.3, -0.25) is 4.79 Å². The highest BCUT2D eigenvalue weighted by Gasteiger charge is 2.27. The number of ether oxygens (including phenoxy) is 3. The van der Waals surface area contributed by atoms with Crippen molar-refractivity contribution in [3.8, 4) is 0 Å². The van der Waals surface area contributed by atoms with Crippen molar-refractivity contribution in [1.82, 2.24) is 9.88 Å². The molecule has 0 saturated heterocycles. The third kappa shape index (κ3) is 7.60. The predicted molar refractivity (Wildman–Crippen MR) is 132 cm³/mol. The van der Waals surface area contributed by atoms with Crippen molar-refractivity contribution in [3.05, 3.63) is 71.9 Å². The summed E-state index contributed by atoms with van der Waals surface area (Å²) in [4.78, 5) is 37.7. The van der Waals surface area contributed by atoms with Crippen LogP contribution in [-0.2, 0) is 43.4 Å². The fourth-order valence-electron chi connectivity index (χ4n) is 3.65. The minimum Gasteiger partial charge on any atom is -0.465 e. The number of nitrogens with zero attached hydrogens (tertiary/aromatic N) is 1. The molecule has 0 fully saturated rings. The average molecular weight is 481 g/mol. The standard InChI is InChI=1S/C27H32N2O6/c1-5-33-24(30)17-29-16-20(21-13-9-10-14-23(21)29)15-22(28-26(32)35-27(2,3)4)25(31)34-18-19-11-7-6-8-12-19/h6-14,16,22H,5,15,17-18H2,1-4H3,(H,28,32)/t22-/m1/s1. The number of carbonyl (C=O) groups is 3. The fraction of sp³-hybridized carbons (Fsp3) is 0.370. The number of hydrogen-bond donors (Lipinski definition) is 1. The van der Waals surface area contributed by atoms with Crippen LogP contribution >= 0.6 is 0 Å². The molecule has 0 spiro atoms. The van der Waals surface area contributed by atoms with Crippen molar-refractivity contribution in [1.29, 1.82) is 0 Å². The zero-order valence-corrected chi connectivity index (χ0v) is 20.6. The summed E-state index contributed by atoms with van der Waals surface area (Å²) < 4.78 is 17.8. The molecule has 1 aromatic heterocycles. The van der Waals surface area contributed by atoms with E-state index in [4.69, 9.17) is 14.2 Å². The molecule has 2 aromatic carbocycles. The molecule has 0 aliphatic rings. The van der Waals surface area contributed by atoms with Crippen LogP contribution in [0.25, 0.3) is 10.9 Å². The highest BCUT2D eigenvalue weighted by atomic mass is 16.6. The number of para-hydroxylation sites is 1. The van der Waals surface area contributed by atoms with Gasteiger partial charge in [0, 0.05) is 23.5 Å². The van der Waals surface area contributed by atoms with Crippen molar-refractivity contribution in [2.24, 2.45) is 0 Å². The molecule has 0 aliphatic carbocycles. The highest BCUT2D eigenvalue weighted by molar-refractivity contribution is 5.87. The van der Waals surface area contributed by atoms with Gasteiger partial charge in [-0.1, -0.05) is 48.5 Å². The molecule has 0 radical (unpaired) electrons. The molecule has 3 rings (SSSR count). The summed E-state index contributed by atoms with van der Waals surface area (Å²) in [6.07, 6.45) is 1.24. The average Bonchev–Trinajstić information content (AvgIpc) is 3.13. The smallest absolute Gasteiger partial charge is 0.408 e. The van der Waals surface area contributed by atoms with Crippen molar-refractivity contribution in [2.45, 2.75) is 58.9 Å². The Balaban J connectivity index is 1.85. The molecule has 1 N–H and O–H groups in total. The summed E-state index contributed by atoms with van der Waals surface area (Å²) in [7, 11) is 0. The van der Waals surface area contributed by atoms with E-state index in [1.807, 2.05) is 54.6 Å². The molecular weight excluding hydrogens is 448 g/mol. The topological polar surface area (TPSA) is 95.9 Å². The number of nitrogens with one attached hydrogen (secondary N) is 1. The van der Waals surface area contributed by atoms with Crippen LogP contribution in [0.4, 0.5) is 4.79 Å². The van der Waals surface area contributed by atoms with E-state index < -0.39 is 23.7 Å². The van der Waals surface area contributed by atoms with E-state index in [1.54, 1.807) is 38.5 Å². The van der Waals surface area contributed by atoms with E-state index >= 15 is 0 Å². The third-order valence-electron chi connectivity index (χ3n) is 5.10. The molecule has 0 unspecified atom stereocenters. The first-order valence-electron chi connectivity index (χ1n) is 11.6. The molecule has 1 amide bonds. The zero-order valence-electron chi connectivity index (χ0n) is 20.6. The van der Waals surface area contributed by atoms with Gasteiger partial charge in [0.15, 0.2) is 0 Å². The minimum absolute atomic E-state index is 0.0387. The van der Waals surface area contributed by atoms with Crippen LogP contribution in [-0.4, -0.2) is 40.8 Å². The Labute approximate surface area is 205 Å². The first-order valence-corrected chi connectivity index (χ1v) is 11.6. The van der Waals surface area contributed by atoms with Crippen LogP contribution in [0, 0.1) is 0 Å². The minimum atomic E-state index is -0.990. The van der Waals surface area contributed by atoms with Gasteiger partial charge >= 0.3 is 18.0 Å². The van der Waals surface area contributed by atoms with E-state index in [0.717, 1.165) is 22.0 Å². The fourth-order valence-corrected chi connectivity index (χ4v) is 3.65. The lowest BCUT2D eigenvalue weighted by molar-refractivity contribution is -0.147. The van der Waals surface area contributed by atoms with Gasteiger partial charge in [-0.2, -0.15) is 0 Å². The molecule has 35 heavy (non-hydrogen) atoms. The van der Waals surface area contributed by atoms with Crippen LogP contribution in [0.15, 0.2) is 60.8 Å². The zero-order chi connectivity index (χ0) is 25.4. The second-order valence-electron chi connectivity index (χ2n) is 9.10. The maximum absolute atomic E-state index is 13.1. The largest absolute Gasteiger partial charge is 0.465 e. The summed E-state index contributed by atoms with van der Waals surface area (Å²) in [5.74, 6) is -0.938. The number of amides is 1. The van der Waals surface area contributed by atoms with Crippen LogP contribution in [0.1, 0.15) is 38.8 Å². The molecule has 1 atom stereocenters. The van der Waals surface area contributed by atoms with E-state index in [0.29, 0.717) is 6.61 Å². The lowest BCUT2D eigenvalue weighted by Crippen LogP contribution is -2.45. The van der Waals surface area contributed by atoms with Crippen LogP contribution in [0.3, 0.4) is 0 Å². The number of benzene rings is 2. The SMILES string of the molecule is CCOC(=O)Cn1cc(C[C@@H](NC(=O)OC(C)(C)C)C(=O)OCc2ccccc2)c2ccccc21. The third-order valence-corrected chi connectivity index (χ3v) is 5.10. The molecule has 1 heterocycles. The highest BCUT2D eigenvalue weighted by Crippen LogP contribution is 2.23. The Morgan fingerprint density at radius 3 is 2.34 bits per heavy atom. The Bertz CT molecular complexity index is 1160. The summed E-state index contributed by atoms with van der Waals surface area (Å²) in [6, 6.07) is 15.9. The normalized spacial score (nSPS) is 12.1. The molecule has 186 valence electrons. The van der Waals surface area contributed by atoms with Crippen molar-refractivity contribution in [3.63, 3.8) is 0 Å². The Morgan fingerprint density at radius 1 is 0.971 bits per heavy atom. The van der Waals surface area contributed by atoms with E-state index in [-0.39, 0.29) is 25.5 Å². The first kappa shape index (κ1) is 25.8. The maximum Gasteiger partial charge on any atom is 0.408 e. The summed E-state index contributed by atoms with van der Waals surface area (Å²) in [5.41, 5.74) is 1.72. The van der Waals surface area contributed by atoms with Crippen LogP contribution in [0.5, 0.6) is 0 Å². The molecule has 0 bridgehead atoms. The van der Waals surface area contributed by atoms with Gasteiger partial charge in [-0.05, 0) is 44.9 Å². The van der Waals surface area contributed by atoms with E-state index in [9.17, 15) is 14.4 Å². The quantitative estimate of drug-likeness (QED) is 0.361. The number of aromatic nitrogens is 1. The molecule has 0 saturated carbocycles. The number of carbonyl (C=O) groups excluding carboxylic acids is 3. The van der Waals surface area contributed by atoms with Crippen LogP contribution in [0.2, 0.25) is 0 Å². The van der Waals surface area contributed by atoms with Crippen molar-refractivity contribution >= 4 is 28.9 Å². The summed E-state index contributed by atoms with van der Waals surface area (Å²) in [6.45, 7) is 7.41. The number of fused-ring (bicyclic) bond motifs is 1. The first-order chi connectivity index (χ1) is 16.7. The van der Waals surface area contributed by atoms with Crippen molar-refractivity contribution < 1.29 is 28.6 Å². The van der Waals surface area contributed by atoms with Gasteiger partial charge in [-0.25, -0.2) is 9.59 Å². The van der Waals surface area contributed by atoms with Gasteiger partial charge in [0.1, 0.15) is 24.8 Å². The number of rotatable bonds is 9. The van der Waals surface area contributed by atoms with E-state index in [2.05, 4.69) is 5.32 Å². The van der Waals surface area contributed by atoms with Crippen molar-refractivity contribution in [2.75, 3.05) is 6.61 Å². The molecule has 8 heteroatoms. The predicted octanol–water partition coefficient (Wildman–Crippen LogP) is 4.38. The second kappa shape index (κ2) is 11.6. The lowest BCUT2D eigenvalue weighted by atomic mass is 10.1. The molecule has 3 aromatic rings. The second-order valence-corrected chi connectivity index (χ2v) is 9.10. The number of alkyl carbamates (subject to hydrolysis) is 1. The van der Waals surface area contributed by atoms with Gasteiger partial charge in [0.25, 0.3) is 0 Å². The summed E-state index contributed by atoms with van der Waals surface area (Å²) in [5, 5.41) is 3.52. The van der Waals surface area contributed by atoms with Gasteiger partial charge < -0.3 is 24.1 Å².